The summed E-state index contributed by atoms with van der Waals surface area (Å²) in [6.45, 7) is 0.967. The van der Waals surface area contributed by atoms with Gasteiger partial charge >= 0.3 is 0 Å². The van der Waals surface area contributed by atoms with Gasteiger partial charge in [0.05, 0.1) is 0 Å². The van der Waals surface area contributed by atoms with E-state index in [1.54, 1.807) is 12.1 Å². The van der Waals surface area contributed by atoms with Crippen molar-refractivity contribution in [3.8, 4) is 0 Å². The van der Waals surface area contributed by atoms with Gasteiger partial charge in [-0.15, -0.1) is 10.2 Å². The fourth-order valence-corrected chi connectivity index (χ4v) is 3.36. The minimum Gasteiger partial charge on any atom is -0.399 e. The third-order valence-electron chi connectivity index (χ3n) is 3.51. The third kappa shape index (κ3) is 2.80. The number of nitrogen functional groups attached to an aromatic ring is 1. The number of hydrogen-bond acceptors (Lipinski definition) is 4. The van der Waals surface area contributed by atoms with Crippen molar-refractivity contribution < 1.29 is 4.39 Å². The normalized spacial score (nSPS) is 14.8. The largest absolute Gasteiger partial charge is 0.399 e. The van der Waals surface area contributed by atoms with E-state index < -0.39 is 0 Å². The Hall–Kier alpha value is -1.56. The van der Waals surface area contributed by atoms with Gasteiger partial charge in [0.2, 0.25) is 0 Å². The standard InChI is InChI=1S/C14H17FN4S/c15-12-8-11(16)6-5-10(12)9-20-14-18-17-13-4-2-1-3-7-19(13)14/h5-6,8H,1-4,7,9,16H2. The molecule has 2 N–H and O–H groups in total. The number of aromatic nitrogens is 3. The Bertz CT molecular complexity index is 611. The van der Waals surface area contributed by atoms with Gasteiger partial charge in [-0.2, -0.15) is 0 Å². The first kappa shape index (κ1) is 13.4. The molecule has 1 aromatic heterocycles. The fraction of sp³-hybridized carbons (Fsp3) is 0.429. The van der Waals surface area contributed by atoms with E-state index in [2.05, 4.69) is 14.8 Å². The quantitative estimate of drug-likeness (QED) is 0.698. The third-order valence-corrected chi connectivity index (χ3v) is 4.53. The van der Waals surface area contributed by atoms with Crippen LogP contribution in [0.4, 0.5) is 10.1 Å². The van der Waals surface area contributed by atoms with Gasteiger partial charge in [-0.05, 0) is 30.5 Å². The summed E-state index contributed by atoms with van der Waals surface area (Å²) >= 11 is 1.53. The zero-order chi connectivity index (χ0) is 13.9. The number of halogens is 1. The van der Waals surface area contributed by atoms with Crippen LogP contribution >= 0.6 is 11.8 Å². The highest BCUT2D eigenvalue weighted by Crippen LogP contribution is 2.26. The molecule has 0 unspecified atom stereocenters. The van der Waals surface area contributed by atoms with E-state index in [0.29, 0.717) is 17.0 Å². The van der Waals surface area contributed by atoms with Gasteiger partial charge in [0.15, 0.2) is 5.16 Å². The van der Waals surface area contributed by atoms with Crippen LogP contribution in [0.25, 0.3) is 0 Å². The molecule has 2 heterocycles. The van der Waals surface area contributed by atoms with E-state index in [1.807, 2.05) is 0 Å². The zero-order valence-corrected chi connectivity index (χ0v) is 12.0. The van der Waals surface area contributed by atoms with Crippen molar-refractivity contribution in [2.45, 2.75) is 43.1 Å². The second kappa shape index (κ2) is 5.83. The predicted octanol–water partition coefficient (Wildman–Crippen LogP) is 3.02. The van der Waals surface area contributed by atoms with Crippen LogP contribution in [0.15, 0.2) is 23.4 Å². The second-order valence-electron chi connectivity index (χ2n) is 5.00. The number of hydrogen-bond donors (Lipinski definition) is 1. The van der Waals surface area contributed by atoms with Gasteiger partial charge in [0.25, 0.3) is 0 Å². The van der Waals surface area contributed by atoms with Gasteiger partial charge in [0.1, 0.15) is 11.6 Å². The number of nitrogens with two attached hydrogens (primary N) is 1. The molecule has 0 spiro atoms. The minimum atomic E-state index is -0.256. The van der Waals surface area contributed by atoms with E-state index in [-0.39, 0.29) is 5.82 Å². The number of fused-ring (bicyclic) bond motifs is 1. The first-order valence-corrected chi connectivity index (χ1v) is 7.81. The topological polar surface area (TPSA) is 56.7 Å². The van der Waals surface area contributed by atoms with Crippen molar-refractivity contribution in [1.82, 2.24) is 14.8 Å². The average Bonchev–Trinajstić information content (AvgIpc) is 2.66. The summed E-state index contributed by atoms with van der Waals surface area (Å²) in [5.74, 6) is 1.35. The minimum absolute atomic E-state index is 0.256. The number of nitrogens with zero attached hydrogens (tertiary/aromatic N) is 3. The van der Waals surface area contributed by atoms with Crippen LogP contribution in [-0.2, 0) is 18.7 Å². The van der Waals surface area contributed by atoms with Crippen LogP contribution in [-0.4, -0.2) is 14.8 Å². The highest BCUT2D eigenvalue weighted by atomic mass is 32.2. The Morgan fingerprint density at radius 2 is 2.15 bits per heavy atom. The average molecular weight is 292 g/mol. The van der Waals surface area contributed by atoms with Crippen LogP contribution < -0.4 is 5.73 Å². The maximum absolute atomic E-state index is 13.7. The molecule has 0 amide bonds. The van der Waals surface area contributed by atoms with Crippen molar-refractivity contribution in [1.29, 1.82) is 0 Å². The molecule has 0 radical (unpaired) electrons. The monoisotopic (exact) mass is 292 g/mol. The number of rotatable bonds is 3. The van der Waals surface area contributed by atoms with Gasteiger partial charge < -0.3 is 10.3 Å². The lowest BCUT2D eigenvalue weighted by atomic mass is 10.2. The van der Waals surface area contributed by atoms with E-state index in [1.165, 1.54) is 30.7 Å². The summed E-state index contributed by atoms with van der Waals surface area (Å²) in [7, 11) is 0. The Balaban J connectivity index is 1.74. The van der Waals surface area contributed by atoms with Crippen LogP contribution in [0.5, 0.6) is 0 Å². The molecule has 0 fully saturated rings. The molecule has 0 bridgehead atoms. The van der Waals surface area contributed by atoms with Crippen LogP contribution in [0.3, 0.4) is 0 Å². The molecule has 1 aromatic carbocycles. The SMILES string of the molecule is Nc1ccc(CSc2nnc3n2CCCCC3)c(F)c1. The second-order valence-corrected chi connectivity index (χ2v) is 5.94. The maximum Gasteiger partial charge on any atom is 0.191 e. The van der Waals surface area contributed by atoms with Crippen LogP contribution in [0.1, 0.15) is 30.7 Å². The molecule has 106 valence electrons. The van der Waals surface area contributed by atoms with E-state index in [9.17, 15) is 4.39 Å². The molecule has 0 atom stereocenters. The molecule has 3 rings (SSSR count). The van der Waals surface area contributed by atoms with Crippen molar-refractivity contribution >= 4 is 17.4 Å². The summed E-state index contributed by atoms with van der Waals surface area (Å²) in [5, 5.41) is 9.36. The molecule has 1 aliphatic heterocycles. The van der Waals surface area contributed by atoms with E-state index in [4.69, 9.17) is 5.73 Å². The Labute approximate surface area is 121 Å². The summed E-state index contributed by atoms with van der Waals surface area (Å²) in [5.41, 5.74) is 6.65. The lowest BCUT2D eigenvalue weighted by Crippen LogP contribution is -2.02. The smallest absolute Gasteiger partial charge is 0.191 e. The lowest BCUT2D eigenvalue weighted by Gasteiger charge is -2.07. The Morgan fingerprint density at radius 3 is 3.00 bits per heavy atom. The predicted molar refractivity (Wildman–Crippen MR) is 78.0 cm³/mol. The van der Waals surface area contributed by atoms with Crippen molar-refractivity contribution in [2.24, 2.45) is 0 Å². The molecule has 0 saturated carbocycles. The fourth-order valence-electron chi connectivity index (χ4n) is 2.39. The number of thioether (sulfide) groups is 1. The van der Waals surface area contributed by atoms with E-state index in [0.717, 1.165) is 30.4 Å². The molecule has 20 heavy (non-hydrogen) atoms. The highest BCUT2D eigenvalue weighted by Gasteiger charge is 2.15. The lowest BCUT2D eigenvalue weighted by molar-refractivity contribution is 0.590. The van der Waals surface area contributed by atoms with Crippen molar-refractivity contribution in [2.75, 3.05) is 5.73 Å². The Morgan fingerprint density at radius 1 is 1.25 bits per heavy atom. The molecule has 6 heteroatoms. The Kier molecular flexibility index (Phi) is 3.91. The summed E-state index contributed by atoms with van der Waals surface area (Å²) in [6, 6.07) is 4.82. The van der Waals surface area contributed by atoms with Gasteiger partial charge in [-0.3, -0.25) is 0 Å². The van der Waals surface area contributed by atoms with Crippen molar-refractivity contribution in [3.63, 3.8) is 0 Å². The first-order valence-electron chi connectivity index (χ1n) is 6.83. The molecule has 4 nitrogen and oxygen atoms in total. The molecule has 2 aromatic rings. The van der Waals surface area contributed by atoms with Gasteiger partial charge in [0, 0.05) is 24.4 Å². The number of benzene rings is 1. The highest BCUT2D eigenvalue weighted by molar-refractivity contribution is 7.98. The van der Waals surface area contributed by atoms with Crippen molar-refractivity contribution in [3.05, 3.63) is 35.4 Å². The summed E-state index contributed by atoms with van der Waals surface area (Å²) < 4.78 is 15.9. The first-order chi connectivity index (χ1) is 9.74. The zero-order valence-electron chi connectivity index (χ0n) is 11.2. The van der Waals surface area contributed by atoms with Gasteiger partial charge in [-0.25, -0.2) is 4.39 Å². The van der Waals surface area contributed by atoms with E-state index >= 15 is 0 Å². The number of aryl methyl sites for hydroxylation is 1. The molecular formula is C14H17FN4S. The maximum atomic E-state index is 13.7. The van der Waals surface area contributed by atoms with Crippen LogP contribution in [0.2, 0.25) is 0 Å². The summed E-state index contributed by atoms with van der Waals surface area (Å²) in [4.78, 5) is 0. The molecule has 1 aliphatic rings. The molecular weight excluding hydrogens is 275 g/mol. The molecule has 0 aliphatic carbocycles. The number of anilines is 1. The van der Waals surface area contributed by atoms with Crippen LogP contribution in [0, 0.1) is 5.82 Å². The molecule has 0 saturated heterocycles. The summed E-state index contributed by atoms with van der Waals surface area (Å²) in [6.07, 6.45) is 4.56. The van der Waals surface area contributed by atoms with Gasteiger partial charge in [-0.1, -0.05) is 24.2 Å².